The Hall–Kier alpha value is -2.10. The molecule has 0 aliphatic rings. The summed E-state index contributed by atoms with van der Waals surface area (Å²) in [6, 6.07) is 6.72. The Balaban J connectivity index is 2.63. The summed E-state index contributed by atoms with van der Waals surface area (Å²) >= 11 is 0. The monoisotopic (exact) mass is 273 g/mol. The summed E-state index contributed by atoms with van der Waals surface area (Å²) in [5.41, 5.74) is 0.923. The minimum absolute atomic E-state index is 0.243. The summed E-state index contributed by atoms with van der Waals surface area (Å²) < 4.78 is 1.31. The van der Waals surface area contributed by atoms with Crippen LogP contribution >= 0.6 is 0 Å². The molecule has 0 amide bonds. The number of aliphatic carboxylic acids is 1. The molecule has 4 heteroatoms. The Morgan fingerprint density at radius 1 is 1.30 bits per heavy atom. The van der Waals surface area contributed by atoms with Crippen LogP contribution < -0.4 is 5.56 Å². The molecule has 0 aliphatic carbocycles. The third-order valence-corrected chi connectivity index (χ3v) is 3.63. The first-order valence-corrected chi connectivity index (χ1v) is 6.83. The maximum atomic E-state index is 12.4. The number of hydrogen-bond donors (Lipinski definition) is 1. The van der Waals surface area contributed by atoms with Crippen LogP contribution in [0.4, 0.5) is 0 Å². The number of carboxylic acids is 1. The van der Waals surface area contributed by atoms with E-state index in [-0.39, 0.29) is 5.56 Å². The minimum Gasteiger partial charge on any atom is -0.480 e. The number of aromatic nitrogens is 1. The minimum atomic E-state index is -0.979. The van der Waals surface area contributed by atoms with E-state index in [1.807, 2.05) is 18.2 Å². The number of carboxylic acid groups (broad SMARTS) is 1. The van der Waals surface area contributed by atoms with Gasteiger partial charge in [0.05, 0.1) is 0 Å². The molecule has 4 nitrogen and oxygen atoms in total. The second-order valence-electron chi connectivity index (χ2n) is 5.29. The molecule has 20 heavy (non-hydrogen) atoms. The summed E-state index contributed by atoms with van der Waals surface area (Å²) in [6.07, 6.45) is 1.96. The molecule has 0 fully saturated rings. The van der Waals surface area contributed by atoms with E-state index in [1.165, 1.54) is 10.1 Å². The molecule has 0 saturated carbocycles. The van der Waals surface area contributed by atoms with Crippen LogP contribution in [0.25, 0.3) is 10.8 Å². The van der Waals surface area contributed by atoms with Crippen molar-refractivity contribution in [1.29, 1.82) is 0 Å². The van der Waals surface area contributed by atoms with Gasteiger partial charge >= 0.3 is 5.97 Å². The van der Waals surface area contributed by atoms with Gasteiger partial charge in [-0.15, -0.1) is 0 Å². The predicted octanol–water partition coefficient (Wildman–Crippen LogP) is 3.16. The first-order valence-electron chi connectivity index (χ1n) is 6.83. The molecule has 1 N–H and O–H groups in total. The van der Waals surface area contributed by atoms with E-state index in [0.717, 1.165) is 5.39 Å². The van der Waals surface area contributed by atoms with Crippen LogP contribution in [0.2, 0.25) is 0 Å². The number of pyridine rings is 1. The SMILES string of the molecule is CCC(C(=O)O)n1ccc2cc(C(C)C)ccc2c1=O. The van der Waals surface area contributed by atoms with Gasteiger partial charge in [0.25, 0.3) is 5.56 Å². The summed E-state index contributed by atoms with van der Waals surface area (Å²) in [4.78, 5) is 23.6. The van der Waals surface area contributed by atoms with E-state index in [4.69, 9.17) is 0 Å². The average Bonchev–Trinajstić information content (AvgIpc) is 2.41. The van der Waals surface area contributed by atoms with E-state index in [9.17, 15) is 14.7 Å². The van der Waals surface area contributed by atoms with Gasteiger partial charge in [-0.2, -0.15) is 0 Å². The molecule has 0 aliphatic heterocycles. The van der Waals surface area contributed by atoms with Gasteiger partial charge in [0, 0.05) is 11.6 Å². The summed E-state index contributed by atoms with van der Waals surface area (Å²) in [5.74, 6) is -0.586. The van der Waals surface area contributed by atoms with Crippen molar-refractivity contribution in [3.63, 3.8) is 0 Å². The number of nitrogens with zero attached hydrogens (tertiary/aromatic N) is 1. The van der Waals surface area contributed by atoms with Crippen molar-refractivity contribution in [1.82, 2.24) is 4.57 Å². The topological polar surface area (TPSA) is 59.3 Å². The van der Waals surface area contributed by atoms with Crippen molar-refractivity contribution in [3.8, 4) is 0 Å². The molecule has 0 radical (unpaired) electrons. The number of hydrogen-bond acceptors (Lipinski definition) is 2. The summed E-state index contributed by atoms with van der Waals surface area (Å²) in [6.45, 7) is 5.96. The smallest absolute Gasteiger partial charge is 0.326 e. The van der Waals surface area contributed by atoms with Crippen LogP contribution in [0.5, 0.6) is 0 Å². The second kappa shape index (κ2) is 5.49. The summed E-state index contributed by atoms with van der Waals surface area (Å²) in [5, 5.41) is 10.6. The molecular weight excluding hydrogens is 254 g/mol. The van der Waals surface area contributed by atoms with Crippen LogP contribution in [0.15, 0.2) is 35.3 Å². The molecule has 0 spiro atoms. The first-order chi connectivity index (χ1) is 9.45. The Kier molecular flexibility index (Phi) is 3.93. The van der Waals surface area contributed by atoms with E-state index in [2.05, 4.69) is 13.8 Å². The Morgan fingerprint density at radius 2 is 2.00 bits per heavy atom. The van der Waals surface area contributed by atoms with Crippen molar-refractivity contribution in [2.75, 3.05) is 0 Å². The highest BCUT2D eigenvalue weighted by atomic mass is 16.4. The number of rotatable bonds is 4. The van der Waals surface area contributed by atoms with Crippen molar-refractivity contribution in [3.05, 3.63) is 46.4 Å². The Morgan fingerprint density at radius 3 is 2.55 bits per heavy atom. The van der Waals surface area contributed by atoms with E-state index < -0.39 is 12.0 Å². The lowest BCUT2D eigenvalue weighted by atomic mass is 10.00. The molecule has 1 unspecified atom stereocenters. The Labute approximate surface area is 117 Å². The molecule has 0 saturated heterocycles. The maximum absolute atomic E-state index is 12.4. The molecule has 1 aromatic carbocycles. The van der Waals surface area contributed by atoms with E-state index >= 15 is 0 Å². The van der Waals surface area contributed by atoms with Gasteiger partial charge in [0.15, 0.2) is 0 Å². The van der Waals surface area contributed by atoms with Gasteiger partial charge in [-0.05, 0) is 35.4 Å². The normalized spacial score (nSPS) is 12.8. The zero-order valence-corrected chi connectivity index (χ0v) is 12.0. The molecule has 1 heterocycles. The van der Waals surface area contributed by atoms with Gasteiger partial charge in [0.1, 0.15) is 6.04 Å². The van der Waals surface area contributed by atoms with Crippen molar-refractivity contribution in [2.24, 2.45) is 0 Å². The quantitative estimate of drug-likeness (QED) is 0.930. The number of fused-ring (bicyclic) bond motifs is 1. The van der Waals surface area contributed by atoms with Gasteiger partial charge in [-0.3, -0.25) is 4.79 Å². The van der Waals surface area contributed by atoms with Crippen LogP contribution in [0.1, 0.15) is 44.7 Å². The third-order valence-electron chi connectivity index (χ3n) is 3.63. The van der Waals surface area contributed by atoms with Gasteiger partial charge in [0.2, 0.25) is 0 Å². The summed E-state index contributed by atoms with van der Waals surface area (Å²) in [7, 11) is 0. The molecular formula is C16H19NO3. The van der Waals surface area contributed by atoms with Crippen molar-refractivity contribution in [2.45, 2.75) is 39.2 Å². The molecule has 106 valence electrons. The zero-order chi connectivity index (χ0) is 14.9. The highest BCUT2D eigenvalue weighted by Gasteiger charge is 2.19. The fourth-order valence-electron chi connectivity index (χ4n) is 2.38. The fraction of sp³-hybridized carbons (Fsp3) is 0.375. The lowest BCUT2D eigenvalue weighted by molar-refractivity contribution is -0.141. The maximum Gasteiger partial charge on any atom is 0.326 e. The van der Waals surface area contributed by atoms with Crippen LogP contribution in [-0.4, -0.2) is 15.6 Å². The predicted molar refractivity (Wildman–Crippen MR) is 79.3 cm³/mol. The highest BCUT2D eigenvalue weighted by molar-refractivity contribution is 5.82. The largest absolute Gasteiger partial charge is 0.480 e. The molecule has 2 rings (SSSR count). The zero-order valence-electron chi connectivity index (χ0n) is 12.0. The molecule has 1 aromatic heterocycles. The van der Waals surface area contributed by atoms with Crippen LogP contribution in [0, 0.1) is 0 Å². The molecule has 2 aromatic rings. The standard InChI is InChI=1S/C16H19NO3/c1-4-14(16(19)20)17-8-7-12-9-11(10(2)3)5-6-13(12)15(17)18/h5-10,14H,4H2,1-3H3,(H,19,20). The third kappa shape index (κ3) is 2.46. The second-order valence-corrected chi connectivity index (χ2v) is 5.29. The first kappa shape index (κ1) is 14.3. The van der Waals surface area contributed by atoms with Gasteiger partial charge in [-0.1, -0.05) is 32.9 Å². The van der Waals surface area contributed by atoms with Crippen LogP contribution in [0.3, 0.4) is 0 Å². The number of benzene rings is 1. The van der Waals surface area contributed by atoms with E-state index in [1.54, 1.807) is 19.2 Å². The lowest BCUT2D eigenvalue weighted by Crippen LogP contribution is -2.29. The highest BCUT2D eigenvalue weighted by Crippen LogP contribution is 2.20. The lowest BCUT2D eigenvalue weighted by Gasteiger charge is -2.15. The van der Waals surface area contributed by atoms with E-state index in [0.29, 0.717) is 17.7 Å². The average molecular weight is 273 g/mol. The molecule has 0 bridgehead atoms. The molecule has 1 atom stereocenters. The van der Waals surface area contributed by atoms with Crippen molar-refractivity contribution < 1.29 is 9.90 Å². The number of carbonyl (C=O) groups is 1. The van der Waals surface area contributed by atoms with Gasteiger partial charge < -0.3 is 9.67 Å². The van der Waals surface area contributed by atoms with Crippen LogP contribution in [-0.2, 0) is 4.79 Å². The van der Waals surface area contributed by atoms with Crippen molar-refractivity contribution >= 4 is 16.7 Å². The van der Waals surface area contributed by atoms with Gasteiger partial charge in [-0.25, -0.2) is 4.79 Å². The fourth-order valence-corrected chi connectivity index (χ4v) is 2.38. The Bertz CT molecular complexity index is 700.